The van der Waals surface area contributed by atoms with Crippen LogP contribution in [0.25, 0.3) is 0 Å². The number of hydrogen-bond donors (Lipinski definition) is 1. The second-order valence-electron chi connectivity index (χ2n) is 9.10. The first-order valence-electron chi connectivity index (χ1n) is 10.8. The lowest BCUT2D eigenvalue weighted by molar-refractivity contribution is -0.385. The molecule has 1 aliphatic heterocycles. The summed E-state index contributed by atoms with van der Waals surface area (Å²) in [5, 5.41) is 14.2. The number of hydrogen-bond acceptors (Lipinski definition) is 7. The molecule has 0 saturated heterocycles. The molecule has 10 heteroatoms. The molecule has 2 amide bonds. The molecule has 1 heterocycles. The summed E-state index contributed by atoms with van der Waals surface area (Å²) in [5.74, 6) is 0.263. The van der Waals surface area contributed by atoms with Gasteiger partial charge in [0.05, 0.1) is 36.3 Å². The maximum absolute atomic E-state index is 13.1. The number of carbonyl (C=O) groups is 2. The number of amides is 2. The number of nitrogens with zero attached hydrogens (tertiary/aromatic N) is 2. The van der Waals surface area contributed by atoms with Crippen LogP contribution in [0.2, 0.25) is 0 Å². The molecule has 10 nitrogen and oxygen atoms in total. The lowest BCUT2D eigenvalue weighted by Gasteiger charge is -2.29. The molecule has 182 valence electrons. The molecular formula is C24H29N3O7. The maximum Gasteiger partial charge on any atom is 0.286 e. The lowest BCUT2D eigenvalue weighted by Crippen LogP contribution is -2.43. The average molecular weight is 472 g/mol. The van der Waals surface area contributed by atoms with E-state index in [4.69, 9.17) is 14.2 Å². The molecular weight excluding hydrogens is 442 g/mol. The molecule has 34 heavy (non-hydrogen) atoms. The Kier molecular flexibility index (Phi) is 6.99. The minimum absolute atomic E-state index is 0.0438. The van der Waals surface area contributed by atoms with E-state index in [9.17, 15) is 19.7 Å². The Balaban J connectivity index is 1.97. The van der Waals surface area contributed by atoms with Crippen molar-refractivity contribution in [1.29, 1.82) is 0 Å². The number of rotatable bonds is 7. The third-order valence-corrected chi connectivity index (χ3v) is 5.41. The van der Waals surface area contributed by atoms with Gasteiger partial charge in [-0.1, -0.05) is 13.8 Å². The van der Waals surface area contributed by atoms with E-state index in [2.05, 4.69) is 5.32 Å². The molecule has 2 aromatic carbocycles. The van der Waals surface area contributed by atoms with Crippen LogP contribution in [0.4, 0.5) is 17.1 Å². The quantitative estimate of drug-likeness (QED) is 0.473. The van der Waals surface area contributed by atoms with Gasteiger partial charge in [0.1, 0.15) is 17.9 Å². The van der Waals surface area contributed by atoms with Crippen LogP contribution in [0.5, 0.6) is 17.2 Å². The van der Waals surface area contributed by atoms with Crippen LogP contribution < -0.4 is 24.4 Å². The van der Waals surface area contributed by atoms with Gasteiger partial charge in [-0.3, -0.25) is 19.7 Å². The number of fused-ring (bicyclic) bond motifs is 1. The number of benzene rings is 2. The normalized spacial score (nSPS) is 14.7. The second-order valence-corrected chi connectivity index (χ2v) is 9.10. The zero-order valence-corrected chi connectivity index (χ0v) is 20.1. The predicted molar refractivity (Wildman–Crippen MR) is 127 cm³/mol. The fraction of sp³-hybridized carbons (Fsp3) is 0.417. The molecule has 0 atom stereocenters. The summed E-state index contributed by atoms with van der Waals surface area (Å²) in [7, 11) is 2.73. The summed E-state index contributed by atoms with van der Waals surface area (Å²) in [6.07, 6.45) is 0. The summed E-state index contributed by atoms with van der Waals surface area (Å²) >= 11 is 0. The first-order valence-corrected chi connectivity index (χ1v) is 10.8. The van der Waals surface area contributed by atoms with Crippen LogP contribution in [0.15, 0.2) is 30.3 Å². The first kappa shape index (κ1) is 24.8. The van der Waals surface area contributed by atoms with Crippen molar-refractivity contribution in [2.24, 2.45) is 11.3 Å². The Morgan fingerprint density at radius 2 is 1.85 bits per heavy atom. The van der Waals surface area contributed by atoms with Crippen LogP contribution in [-0.2, 0) is 4.79 Å². The molecule has 0 spiro atoms. The van der Waals surface area contributed by atoms with E-state index >= 15 is 0 Å². The SMILES string of the molecule is COc1cc(C(=O)Nc2ccc3c(c2)OCC(C)(C)C(=O)N3CC(C)C)c([N+](=O)[O-])cc1OC. The van der Waals surface area contributed by atoms with Crippen LogP contribution in [0, 0.1) is 21.4 Å². The van der Waals surface area contributed by atoms with Crippen molar-refractivity contribution in [3.05, 3.63) is 46.0 Å². The Morgan fingerprint density at radius 1 is 1.21 bits per heavy atom. The van der Waals surface area contributed by atoms with Crippen LogP contribution in [0.1, 0.15) is 38.1 Å². The Labute approximate surface area is 197 Å². The molecule has 1 N–H and O–H groups in total. The highest BCUT2D eigenvalue weighted by atomic mass is 16.6. The second kappa shape index (κ2) is 9.58. The molecule has 0 fully saturated rings. The van der Waals surface area contributed by atoms with E-state index in [-0.39, 0.29) is 35.5 Å². The van der Waals surface area contributed by atoms with Crippen LogP contribution >= 0.6 is 0 Å². The fourth-order valence-corrected chi connectivity index (χ4v) is 3.67. The lowest BCUT2D eigenvalue weighted by atomic mass is 9.92. The van der Waals surface area contributed by atoms with Gasteiger partial charge >= 0.3 is 0 Å². The van der Waals surface area contributed by atoms with Crippen molar-refractivity contribution in [3.8, 4) is 17.2 Å². The number of anilines is 2. The highest BCUT2D eigenvalue weighted by Gasteiger charge is 2.38. The van der Waals surface area contributed by atoms with E-state index in [1.165, 1.54) is 20.3 Å². The van der Waals surface area contributed by atoms with E-state index in [1.807, 2.05) is 27.7 Å². The first-order chi connectivity index (χ1) is 16.0. The zero-order chi connectivity index (χ0) is 25.2. The fourth-order valence-electron chi connectivity index (χ4n) is 3.67. The number of nitro benzene ring substituents is 1. The van der Waals surface area contributed by atoms with Gasteiger partial charge in [-0.15, -0.1) is 0 Å². The monoisotopic (exact) mass is 471 g/mol. The number of nitro groups is 1. The zero-order valence-electron chi connectivity index (χ0n) is 20.1. The standard InChI is InChI=1S/C24H29N3O7/c1-14(2)12-26-17-8-7-15(9-19(17)34-13-24(3,4)23(26)29)25-22(28)16-10-20(32-5)21(33-6)11-18(16)27(30)31/h7-11,14H,12-13H2,1-6H3,(H,25,28). The van der Waals surface area contributed by atoms with Crippen molar-refractivity contribution >= 4 is 28.9 Å². The van der Waals surface area contributed by atoms with Crippen molar-refractivity contribution in [2.45, 2.75) is 27.7 Å². The van der Waals surface area contributed by atoms with E-state index in [0.29, 0.717) is 23.7 Å². The van der Waals surface area contributed by atoms with Gasteiger partial charge in [-0.2, -0.15) is 0 Å². The molecule has 0 aromatic heterocycles. The third-order valence-electron chi connectivity index (χ3n) is 5.41. The van der Waals surface area contributed by atoms with Crippen molar-refractivity contribution in [3.63, 3.8) is 0 Å². The summed E-state index contributed by atoms with van der Waals surface area (Å²) in [5.41, 5.74) is -0.353. The topological polar surface area (TPSA) is 120 Å². The molecule has 3 rings (SSSR count). The predicted octanol–water partition coefficient (Wildman–Crippen LogP) is 4.27. The van der Waals surface area contributed by atoms with Gasteiger partial charge in [0.15, 0.2) is 11.5 Å². The molecule has 2 aromatic rings. The van der Waals surface area contributed by atoms with Gasteiger partial charge in [-0.25, -0.2) is 0 Å². The Hall–Kier alpha value is -3.82. The van der Waals surface area contributed by atoms with Crippen molar-refractivity contribution < 1.29 is 28.7 Å². The average Bonchev–Trinajstić information content (AvgIpc) is 2.87. The molecule has 0 radical (unpaired) electrons. The Morgan fingerprint density at radius 3 is 2.44 bits per heavy atom. The summed E-state index contributed by atoms with van der Waals surface area (Å²) < 4.78 is 16.2. The van der Waals surface area contributed by atoms with Gasteiger partial charge in [0.25, 0.3) is 11.6 Å². The summed E-state index contributed by atoms with van der Waals surface area (Å²) in [6.45, 7) is 8.39. The summed E-state index contributed by atoms with van der Waals surface area (Å²) in [4.78, 5) is 38.7. The minimum Gasteiger partial charge on any atom is -0.493 e. The van der Waals surface area contributed by atoms with Crippen LogP contribution in [-0.4, -0.2) is 44.1 Å². The molecule has 0 bridgehead atoms. The highest BCUT2D eigenvalue weighted by molar-refractivity contribution is 6.08. The molecule has 0 saturated carbocycles. The molecule has 0 unspecified atom stereocenters. The van der Waals surface area contributed by atoms with Crippen molar-refractivity contribution in [1.82, 2.24) is 0 Å². The Bertz CT molecular complexity index is 1130. The maximum atomic E-state index is 13.1. The van der Waals surface area contributed by atoms with Gasteiger partial charge < -0.3 is 24.4 Å². The number of nitrogens with one attached hydrogen (secondary N) is 1. The highest BCUT2D eigenvalue weighted by Crippen LogP contribution is 2.39. The number of methoxy groups -OCH3 is 2. The van der Waals surface area contributed by atoms with E-state index in [1.54, 1.807) is 23.1 Å². The number of ether oxygens (including phenoxy) is 3. The number of carbonyl (C=O) groups excluding carboxylic acids is 2. The van der Waals surface area contributed by atoms with Gasteiger partial charge in [-0.05, 0) is 31.9 Å². The van der Waals surface area contributed by atoms with E-state index < -0.39 is 21.9 Å². The van der Waals surface area contributed by atoms with Crippen LogP contribution in [0.3, 0.4) is 0 Å². The van der Waals surface area contributed by atoms with Gasteiger partial charge in [0, 0.05) is 24.4 Å². The molecule has 1 aliphatic rings. The largest absolute Gasteiger partial charge is 0.493 e. The minimum atomic E-state index is -0.725. The third kappa shape index (κ3) is 4.90. The van der Waals surface area contributed by atoms with E-state index in [0.717, 1.165) is 6.07 Å². The summed E-state index contributed by atoms with van der Waals surface area (Å²) in [6, 6.07) is 7.35. The smallest absolute Gasteiger partial charge is 0.286 e. The van der Waals surface area contributed by atoms with Crippen molar-refractivity contribution in [2.75, 3.05) is 37.6 Å². The van der Waals surface area contributed by atoms with Gasteiger partial charge in [0.2, 0.25) is 5.91 Å². The molecule has 0 aliphatic carbocycles.